The lowest BCUT2D eigenvalue weighted by Crippen LogP contribution is -2.22. The number of benzene rings is 3. The second-order valence-electron chi connectivity index (χ2n) is 22.5. The van der Waals surface area contributed by atoms with Crippen molar-refractivity contribution in [2.75, 3.05) is 32.7 Å². The average molecular weight is 1150 g/mol. The molecule has 0 fully saturated rings. The van der Waals surface area contributed by atoms with Crippen LogP contribution >= 0.6 is 22.7 Å². The molecule has 82 heavy (non-hydrogen) atoms. The maximum absolute atomic E-state index is 5.68. The first-order valence-electron chi connectivity index (χ1n) is 29.6. The number of anilines is 1. The van der Waals surface area contributed by atoms with Crippen LogP contribution in [0.2, 0.25) is 0 Å². The number of pyridine rings is 1. The lowest BCUT2D eigenvalue weighted by Gasteiger charge is -2.19. The van der Waals surface area contributed by atoms with Gasteiger partial charge in [0.1, 0.15) is 18.1 Å². The highest BCUT2D eigenvalue weighted by Crippen LogP contribution is 2.29. The van der Waals surface area contributed by atoms with Gasteiger partial charge in [-0.1, -0.05) is 169 Å². The molecule has 0 bridgehead atoms. The highest BCUT2D eigenvalue weighted by Gasteiger charge is 2.12. The second-order valence-corrected chi connectivity index (χ2v) is 24.9. The van der Waals surface area contributed by atoms with E-state index in [1.54, 1.807) is 26.6 Å². The monoisotopic (exact) mass is 1150 g/mol. The molecule has 11 heteroatoms. The quantitative estimate of drug-likeness (QED) is 0.0746. The number of hydrogen-bond acceptors (Lipinski definition) is 10. The molecule has 0 unspecified atom stereocenters. The molecule has 0 aliphatic heterocycles. The largest absolute Gasteiger partial charge is 0.463 e. The van der Waals surface area contributed by atoms with E-state index < -0.39 is 0 Å². The number of aromatic nitrogens is 4. The minimum absolute atomic E-state index is 0.459. The smallest absolute Gasteiger partial charge is 0.129 e. The molecule has 9 rings (SSSR count). The maximum Gasteiger partial charge on any atom is 0.129 e. The topological polar surface area (TPSA) is 87.7 Å². The van der Waals surface area contributed by atoms with Crippen molar-refractivity contribution in [3.05, 3.63) is 216 Å². The van der Waals surface area contributed by atoms with Gasteiger partial charge >= 0.3 is 0 Å². The van der Waals surface area contributed by atoms with Crippen LogP contribution < -0.4 is 4.90 Å². The Labute approximate surface area is 503 Å². The number of thiophene rings is 2. The third-order valence-electron chi connectivity index (χ3n) is 13.7. The van der Waals surface area contributed by atoms with Crippen molar-refractivity contribution in [1.29, 1.82) is 0 Å². The van der Waals surface area contributed by atoms with Gasteiger partial charge in [0.2, 0.25) is 0 Å². The predicted octanol–water partition coefficient (Wildman–Crippen LogP) is 19.4. The van der Waals surface area contributed by atoms with E-state index in [0.29, 0.717) is 55.3 Å². The molecule has 1 aliphatic rings. The van der Waals surface area contributed by atoms with E-state index >= 15 is 0 Å². The summed E-state index contributed by atoms with van der Waals surface area (Å²) in [7, 11) is 5.51. The van der Waals surface area contributed by atoms with Crippen LogP contribution in [0, 0.1) is 0 Å². The van der Waals surface area contributed by atoms with Gasteiger partial charge in [0, 0.05) is 77.5 Å². The summed E-state index contributed by atoms with van der Waals surface area (Å²) in [5.41, 5.74) is 11.9. The normalized spacial score (nSPS) is 11.4. The van der Waals surface area contributed by atoms with Crippen LogP contribution in [0.3, 0.4) is 0 Å². The van der Waals surface area contributed by atoms with Crippen LogP contribution in [0.5, 0.6) is 0 Å². The molecule has 0 atom stereocenters. The number of likely N-dealkylation sites (N-methyl/N-ethyl adjacent to an activating group) is 1. The number of furan rings is 1. The van der Waals surface area contributed by atoms with Crippen molar-refractivity contribution in [3.8, 4) is 0 Å². The summed E-state index contributed by atoms with van der Waals surface area (Å²) in [6.07, 6.45) is 13.3. The molecule has 9 nitrogen and oxygen atoms in total. The Bertz CT molecular complexity index is 2910. The standard InChI is InChI=1S/C16H24N4.C16H19NO.C12H14.C9H14O2.C9H14OS.C9H14S/c1-5-15-12-20(18-17-15)11-10-19(4)16-8-6-14(7-9-16)13(2)3;1-13(2)16-5-3-14(4-6-16)11-18-12-15-7-9-17-10-8-15;1-9(2)11-7-3-5-10-6-4-8-12(10)11;2*1-7(2)9-5-4-8(11-9)6-10-3;1-4-8-5-6-9(10-8)7(2)3/h6-9,12-13H,5,10-11H2,1-4H3;3-10,13H,11-12H2,1-2H3;3-5,7-9H,6H2,1-2H3;2*4-5,7H,6H2,1-3H3;5-7H,4H2,1-3H3. The third-order valence-corrected chi connectivity index (χ3v) is 16.6. The molecule has 5 aromatic heterocycles. The third kappa shape index (κ3) is 24.5. The molecule has 0 spiro atoms. The van der Waals surface area contributed by atoms with E-state index in [9.17, 15) is 0 Å². The molecule has 0 saturated heterocycles. The molecular weight excluding hydrogens is 1050 g/mol. The second kappa shape index (κ2) is 37.3. The molecule has 0 saturated carbocycles. The van der Waals surface area contributed by atoms with Crippen molar-refractivity contribution in [2.24, 2.45) is 0 Å². The first-order valence-corrected chi connectivity index (χ1v) is 31.3. The summed E-state index contributed by atoms with van der Waals surface area (Å²) < 4.78 is 23.0. The van der Waals surface area contributed by atoms with Gasteiger partial charge in [-0.05, 0) is 148 Å². The van der Waals surface area contributed by atoms with Gasteiger partial charge in [-0.15, -0.1) is 27.8 Å². The zero-order valence-electron chi connectivity index (χ0n) is 52.9. The van der Waals surface area contributed by atoms with Crippen molar-refractivity contribution in [2.45, 2.75) is 185 Å². The van der Waals surface area contributed by atoms with Crippen LogP contribution in [0.4, 0.5) is 5.69 Å². The Balaban J connectivity index is 0.000000216. The number of aryl methyl sites for hydroxylation is 2. The van der Waals surface area contributed by atoms with Crippen molar-refractivity contribution in [1.82, 2.24) is 20.0 Å². The zero-order chi connectivity index (χ0) is 60.0. The van der Waals surface area contributed by atoms with E-state index in [0.717, 1.165) is 55.3 Å². The lowest BCUT2D eigenvalue weighted by atomic mass is 9.95. The highest BCUT2D eigenvalue weighted by atomic mass is 32.1. The highest BCUT2D eigenvalue weighted by molar-refractivity contribution is 7.12. The van der Waals surface area contributed by atoms with Gasteiger partial charge in [0.05, 0.1) is 32.1 Å². The molecule has 0 N–H and O–H groups in total. The van der Waals surface area contributed by atoms with Crippen molar-refractivity contribution in [3.63, 3.8) is 0 Å². The first-order chi connectivity index (χ1) is 39.3. The van der Waals surface area contributed by atoms with Crippen molar-refractivity contribution < 1.29 is 18.6 Å². The molecule has 444 valence electrons. The molecular formula is C71H99N5O4S2. The number of allylic oxidation sites excluding steroid dienone is 1. The Morgan fingerprint density at radius 3 is 1.67 bits per heavy atom. The summed E-state index contributed by atoms with van der Waals surface area (Å²) in [5.74, 6) is 5.53. The maximum atomic E-state index is 5.68. The molecule has 0 radical (unpaired) electrons. The number of methoxy groups -OCH3 is 2. The minimum Gasteiger partial charge on any atom is -0.463 e. The van der Waals surface area contributed by atoms with Gasteiger partial charge < -0.3 is 23.5 Å². The molecule has 1 aliphatic carbocycles. The number of nitrogens with zero attached hydrogens (tertiary/aromatic N) is 5. The molecule has 3 aromatic carbocycles. The fourth-order valence-electron chi connectivity index (χ4n) is 8.44. The number of hydrogen-bond donors (Lipinski definition) is 0. The van der Waals surface area contributed by atoms with Gasteiger partial charge in [-0.25, -0.2) is 0 Å². The summed E-state index contributed by atoms with van der Waals surface area (Å²) in [6, 6.07) is 40.8. The van der Waals surface area contributed by atoms with Gasteiger partial charge in [-0.2, -0.15) is 0 Å². The van der Waals surface area contributed by atoms with E-state index in [1.165, 1.54) is 65.0 Å². The zero-order valence-corrected chi connectivity index (χ0v) is 54.5. The van der Waals surface area contributed by atoms with Crippen molar-refractivity contribution >= 4 is 34.4 Å². The predicted molar refractivity (Wildman–Crippen MR) is 350 cm³/mol. The minimum atomic E-state index is 0.459. The van der Waals surface area contributed by atoms with Gasteiger partial charge in [-0.3, -0.25) is 9.67 Å². The van der Waals surface area contributed by atoms with Crippen LogP contribution in [-0.4, -0.2) is 47.8 Å². The van der Waals surface area contributed by atoms with Crippen LogP contribution in [-0.2, 0) is 66.4 Å². The van der Waals surface area contributed by atoms with E-state index in [1.807, 2.05) is 57.8 Å². The first kappa shape index (κ1) is 68.5. The Morgan fingerprint density at radius 2 is 1.17 bits per heavy atom. The van der Waals surface area contributed by atoms with Gasteiger partial charge in [0.25, 0.3) is 0 Å². The average Bonchev–Trinajstić information content (AvgIpc) is 4.37. The fraction of sp³-hybridized carbons (Fsp3) is 0.451. The van der Waals surface area contributed by atoms with E-state index in [4.69, 9.17) is 18.6 Å². The van der Waals surface area contributed by atoms with Gasteiger partial charge in [0.15, 0.2) is 0 Å². The van der Waals surface area contributed by atoms with Crippen LogP contribution in [0.15, 0.2) is 144 Å². The number of ether oxygens (including phenoxy) is 3. The van der Waals surface area contributed by atoms with E-state index in [2.05, 4.69) is 227 Å². The fourth-order valence-corrected chi connectivity index (χ4v) is 10.4. The Hall–Kier alpha value is -5.95. The summed E-state index contributed by atoms with van der Waals surface area (Å²) in [5, 5.41) is 8.24. The molecule has 0 amide bonds. The number of rotatable bonds is 20. The Morgan fingerprint density at radius 1 is 0.585 bits per heavy atom. The summed E-state index contributed by atoms with van der Waals surface area (Å²) >= 11 is 3.78. The summed E-state index contributed by atoms with van der Waals surface area (Å²) in [4.78, 5) is 12.0. The lowest BCUT2D eigenvalue weighted by molar-refractivity contribution is 0.107. The molecule has 8 aromatic rings. The SMILES string of the molecule is CC(C)c1ccc(COCc2ccncc2)cc1.CC(C)c1cccc2c1C=CC2.CCc1ccc(C(C)C)s1.CCc1cn(CCN(C)c2ccc(C(C)C)cc2)nn1.COCc1ccc(C(C)C)o1.COCc1ccc(C(C)C)s1. The van der Waals surface area contributed by atoms with E-state index in [-0.39, 0.29) is 0 Å². The van der Waals surface area contributed by atoms with Crippen LogP contribution in [0.25, 0.3) is 6.08 Å². The molecule has 5 heterocycles. The Kier molecular flexibility index (Phi) is 31.2. The number of fused-ring (bicyclic) bond motifs is 1. The van der Waals surface area contributed by atoms with Crippen LogP contribution in [0.1, 0.15) is 208 Å². The summed E-state index contributed by atoms with van der Waals surface area (Å²) in [6.45, 7) is 35.1.